The van der Waals surface area contributed by atoms with Crippen LogP contribution in [0.15, 0.2) is 47.8 Å². The number of nitrogens with zero attached hydrogens (tertiary/aromatic N) is 2. The number of aromatic nitrogens is 1. The van der Waals surface area contributed by atoms with E-state index >= 15 is 0 Å². The van der Waals surface area contributed by atoms with Gasteiger partial charge < -0.3 is 4.74 Å². The molecule has 0 aliphatic carbocycles. The van der Waals surface area contributed by atoms with Crippen molar-refractivity contribution in [2.24, 2.45) is 0 Å². The molecule has 0 fully saturated rings. The highest BCUT2D eigenvalue weighted by Crippen LogP contribution is 2.27. The summed E-state index contributed by atoms with van der Waals surface area (Å²) < 4.78 is 31.5. The maximum atomic E-state index is 13.3. The summed E-state index contributed by atoms with van der Waals surface area (Å²) in [6.07, 6.45) is 0. The fraction of sp³-hybridized carbons (Fsp3) is 0.211. The van der Waals surface area contributed by atoms with E-state index in [0.717, 1.165) is 33.6 Å². The third kappa shape index (κ3) is 4.41. The van der Waals surface area contributed by atoms with Crippen molar-refractivity contribution in [1.29, 1.82) is 0 Å². The first kappa shape index (κ1) is 17.5. The molecule has 130 valence electrons. The van der Waals surface area contributed by atoms with Crippen LogP contribution in [0.4, 0.5) is 8.78 Å². The van der Waals surface area contributed by atoms with Gasteiger partial charge in [-0.05, 0) is 36.9 Å². The van der Waals surface area contributed by atoms with Crippen molar-refractivity contribution in [1.82, 2.24) is 9.88 Å². The number of hydrogen-bond acceptors (Lipinski definition) is 4. The minimum Gasteiger partial charge on any atom is -0.497 e. The number of benzene rings is 2. The second kappa shape index (κ2) is 7.72. The first-order valence-corrected chi connectivity index (χ1v) is 8.64. The highest BCUT2D eigenvalue weighted by molar-refractivity contribution is 7.13. The predicted octanol–water partition coefficient (Wildman–Crippen LogP) is 4.73. The fourth-order valence-corrected chi connectivity index (χ4v) is 3.36. The van der Waals surface area contributed by atoms with Crippen LogP contribution >= 0.6 is 11.3 Å². The Balaban J connectivity index is 1.67. The van der Waals surface area contributed by atoms with Crippen molar-refractivity contribution < 1.29 is 13.5 Å². The summed E-state index contributed by atoms with van der Waals surface area (Å²) in [6.45, 7) is 1.14. The van der Waals surface area contributed by atoms with E-state index in [9.17, 15) is 8.78 Å². The summed E-state index contributed by atoms with van der Waals surface area (Å²) >= 11 is 1.57. The van der Waals surface area contributed by atoms with Crippen molar-refractivity contribution in [2.75, 3.05) is 14.2 Å². The number of halogens is 2. The second-order valence-corrected chi connectivity index (χ2v) is 6.65. The lowest BCUT2D eigenvalue weighted by Gasteiger charge is -2.15. The molecule has 0 N–H and O–H groups in total. The Morgan fingerprint density at radius 3 is 2.68 bits per heavy atom. The van der Waals surface area contributed by atoms with Crippen LogP contribution in [0.2, 0.25) is 0 Å². The topological polar surface area (TPSA) is 25.4 Å². The van der Waals surface area contributed by atoms with Crippen LogP contribution in [0, 0.1) is 11.6 Å². The van der Waals surface area contributed by atoms with Gasteiger partial charge in [-0.15, -0.1) is 11.3 Å². The quantitative estimate of drug-likeness (QED) is 0.635. The van der Waals surface area contributed by atoms with Crippen LogP contribution in [0.1, 0.15) is 11.3 Å². The molecule has 0 saturated carbocycles. The maximum absolute atomic E-state index is 13.3. The smallest absolute Gasteiger partial charge is 0.159 e. The third-order valence-corrected chi connectivity index (χ3v) is 4.68. The van der Waals surface area contributed by atoms with Crippen LogP contribution in [0.3, 0.4) is 0 Å². The summed E-state index contributed by atoms with van der Waals surface area (Å²) in [5.74, 6) is -0.849. The van der Waals surface area contributed by atoms with Gasteiger partial charge in [0.1, 0.15) is 10.8 Å². The Kier molecular flexibility index (Phi) is 5.40. The van der Waals surface area contributed by atoms with Crippen LogP contribution in [-0.2, 0) is 13.1 Å². The monoisotopic (exact) mass is 360 g/mol. The molecule has 3 rings (SSSR count). The number of rotatable bonds is 6. The first-order valence-electron chi connectivity index (χ1n) is 7.76. The molecule has 0 radical (unpaired) electrons. The summed E-state index contributed by atoms with van der Waals surface area (Å²) in [5, 5.41) is 2.94. The van der Waals surface area contributed by atoms with Crippen LogP contribution < -0.4 is 4.74 Å². The van der Waals surface area contributed by atoms with E-state index in [1.54, 1.807) is 24.5 Å². The zero-order chi connectivity index (χ0) is 17.8. The van der Waals surface area contributed by atoms with E-state index < -0.39 is 11.6 Å². The van der Waals surface area contributed by atoms with Gasteiger partial charge >= 0.3 is 0 Å². The molecular weight excluding hydrogens is 342 g/mol. The summed E-state index contributed by atoms with van der Waals surface area (Å²) in [6, 6.07) is 11.8. The Labute approximate surface area is 149 Å². The second-order valence-electron chi connectivity index (χ2n) is 5.80. The largest absolute Gasteiger partial charge is 0.497 e. The Bertz CT molecular complexity index is 866. The lowest BCUT2D eigenvalue weighted by atomic mass is 10.2. The minimum absolute atomic E-state index is 0.517. The molecule has 1 aromatic heterocycles. The third-order valence-electron chi connectivity index (χ3n) is 3.74. The normalized spacial score (nSPS) is 11.1. The van der Waals surface area contributed by atoms with Gasteiger partial charge in [-0.1, -0.05) is 18.2 Å². The Morgan fingerprint density at radius 1 is 1.08 bits per heavy atom. The number of methoxy groups -OCH3 is 1. The molecule has 0 amide bonds. The lowest BCUT2D eigenvalue weighted by molar-refractivity contribution is 0.315. The summed E-state index contributed by atoms with van der Waals surface area (Å²) in [5.41, 5.74) is 2.68. The van der Waals surface area contributed by atoms with Gasteiger partial charge in [0.05, 0.1) is 12.8 Å². The molecule has 1 heterocycles. The van der Waals surface area contributed by atoms with E-state index in [1.807, 2.05) is 41.6 Å². The van der Waals surface area contributed by atoms with E-state index in [4.69, 9.17) is 4.74 Å². The van der Waals surface area contributed by atoms with Gasteiger partial charge in [-0.25, -0.2) is 13.8 Å². The molecule has 0 aliphatic rings. The van der Waals surface area contributed by atoms with Crippen molar-refractivity contribution in [3.63, 3.8) is 0 Å². The Hall–Kier alpha value is -2.31. The molecule has 0 spiro atoms. The SMILES string of the molecule is COc1cccc(-c2nc(CN(C)Cc3ccc(F)c(F)c3)cs2)c1. The van der Waals surface area contributed by atoms with Crippen LogP contribution in [0.5, 0.6) is 5.75 Å². The van der Waals surface area contributed by atoms with E-state index in [-0.39, 0.29) is 0 Å². The van der Waals surface area contributed by atoms with Gasteiger partial charge in [0.2, 0.25) is 0 Å². The zero-order valence-corrected chi connectivity index (χ0v) is 14.8. The molecular formula is C19H18F2N2OS. The molecule has 2 aromatic carbocycles. The molecule has 3 aromatic rings. The fourth-order valence-electron chi connectivity index (χ4n) is 2.55. The molecule has 0 unspecified atom stereocenters. The van der Waals surface area contributed by atoms with Crippen molar-refractivity contribution >= 4 is 11.3 Å². The summed E-state index contributed by atoms with van der Waals surface area (Å²) in [4.78, 5) is 6.67. The highest BCUT2D eigenvalue weighted by atomic mass is 32.1. The number of thiazole rings is 1. The molecule has 3 nitrogen and oxygen atoms in total. The molecule has 25 heavy (non-hydrogen) atoms. The van der Waals surface area contributed by atoms with Gasteiger partial charge in [0, 0.05) is 24.0 Å². The molecule has 0 atom stereocenters. The first-order chi connectivity index (χ1) is 12.0. The van der Waals surface area contributed by atoms with Gasteiger partial charge in [-0.2, -0.15) is 0 Å². The molecule has 0 aliphatic heterocycles. The predicted molar refractivity (Wildman–Crippen MR) is 95.6 cm³/mol. The Morgan fingerprint density at radius 2 is 1.92 bits per heavy atom. The molecule has 0 saturated heterocycles. The standard InChI is InChI=1S/C19H18F2N2OS/c1-23(10-13-6-7-17(20)18(21)8-13)11-15-12-25-19(22-15)14-4-3-5-16(9-14)24-2/h3-9,12H,10-11H2,1-2H3. The zero-order valence-electron chi connectivity index (χ0n) is 14.0. The van der Waals surface area contributed by atoms with Gasteiger partial charge in [0.25, 0.3) is 0 Å². The van der Waals surface area contributed by atoms with E-state index in [1.165, 1.54) is 6.07 Å². The average molecular weight is 360 g/mol. The average Bonchev–Trinajstić information content (AvgIpc) is 3.06. The van der Waals surface area contributed by atoms with Crippen molar-refractivity contribution in [2.45, 2.75) is 13.1 Å². The van der Waals surface area contributed by atoms with Gasteiger partial charge in [0.15, 0.2) is 11.6 Å². The lowest BCUT2D eigenvalue weighted by Crippen LogP contribution is -2.17. The van der Waals surface area contributed by atoms with E-state index in [0.29, 0.717) is 13.1 Å². The summed E-state index contributed by atoms with van der Waals surface area (Å²) in [7, 11) is 3.56. The maximum Gasteiger partial charge on any atom is 0.159 e. The van der Waals surface area contributed by atoms with Crippen molar-refractivity contribution in [3.8, 4) is 16.3 Å². The van der Waals surface area contributed by atoms with Crippen LogP contribution in [0.25, 0.3) is 10.6 Å². The molecule has 6 heteroatoms. The van der Waals surface area contributed by atoms with Crippen molar-refractivity contribution in [3.05, 3.63) is 70.7 Å². The number of hydrogen-bond donors (Lipinski definition) is 0. The van der Waals surface area contributed by atoms with E-state index in [2.05, 4.69) is 4.98 Å². The molecule has 0 bridgehead atoms. The number of ether oxygens (including phenoxy) is 1. The van der Waals surface area contributed by atoms with Crippen LogP contribution in [-0.4, -0.2) is 24.0 Å². The highest BCUT2D eigenvalue weighted by Gasteiger charge is 2.10. The minimum atomic E-state index is -0.825. The van der Waals surface area contributed by atoms with Gasteiger partial charge in [-0.3, -0.25) is 4.90 Å².